The predicted molar refractivity (Wildman–Crippen MR) is 101 cm³/mol. The summed E-state index contributed by atoms with van der Waals surface area (Å²) in [5.74, 6) is 1.55. The van der Waals surface area contributed by atoms with Crippen molar-refractivity contribution < 1.29 is 5.11 Å². The molecule has 0 fully saturated rings. The number of hydrogen-bond donors (Lipinski definition) is 1. The van der Waals surface area contributed by atoms with Crippen LogP contribution in [0.4, 0.5) is 0 Å². The number of benzene rings is 2. The third-order valence-electron chi connectivity index (χ3n) is 5.95. The van der Waals surface area contributed by atoms with E-state index in [0.29, 0.717) is 17.6 Å². The fourth-order valence-corrected chi connectivity index (χ4v) is 4.77. The van der Waals surface area contributed by atoms with Gasteiger partial charge in [0.2, 0.25) is 0 Å². The van der Waals surface area contributed by atoms with Gasteiger partial charge in [-0.25, -0.2) is 0 Å². The van der Waals surface area contributed by atoms with Crippen LogP contribution in [-0.4, -0.2) is 5.11 Å². The topological polar surface area (TPSA) is 20.2 Å². The summed E-state index contributed by atoms with van der Waals surface area (Å²) in [4.78, 5) is 0. The Morgan fingerprint density at radius 3 is 1.96 bits per heavy atom. The minimum atomic E-state index is 0.396. The van der Waals surface area contributed by atoms with Gasteiger partial charge in [0.1, 0.15) is 5.75 Å². The number of allylic oxidation sites excluding steroid dienone is 2. The van der Waals surface area contributed by atoms with Crippen molar-refractivity contribution in [2.45, 2.75) is 46.5 Å². The molecule has 0 aliphatic heterocycles. The van der Waals surface area contributed by atoms with Gasteiger partial charge in [-0.05, 0) is 90.0 Å². The highest BCUT2D eigenvalue weighted by Gasteiger charge is 2.35. The van der Waals surface area contributed by atoms with Gasteiger partial charge in [0.15, 0.2) is 0 Å². The van der Waals surface area contributed by atoms with Crippen LogP contribution >= 0.6 is 0 Å². The first-order valence-electron chi connectivity index (χ1n) is 9.28. The maximum Gasteiger partial charge on any atom is 0.115 e. The first-order valence-corrected chi connectivity index (χ1v) is 9.28. The van der Waals surface area contributed by atoms with Crippen molar-refractivity contribution in [1.82, 2.24) is 0 Å². The Balaban J connectivity index is 2.01. The number of aryl methyl sites for hydroxylation is 1. The molecule has 2 aliphatic carbocycles. The van der Waals surface area contributed by atoms with Crippen molar-refractivity contribution in [3.8, 4) is 5.75 Å². The largest absolute Gasteiger partial charge is 0.508 e. The Morgan fingerprint density at radius 1 is 0.833 bits per heavy atom. The number of phenolic OH excluding ortho intramolecular Hbond substituents is 1. The summed E-state index contributed by atoms with van der Waals surface area (Å²) in [6.07, 6.45) is 4.51. The Hall–Kier alpha value is -2.02. The summed E-state index contributed by atoms with van der Waals surface area (Å²) in [5.41, 5.74) is 10.2. The van der Waals surface area contributed by atoms with Crippen LogP contribution in [0.25, 0.3) is 11.1 Å². The van der Waals surface area contributed by atoms with Crippen LogP contribution in [0.3, 0.4) is 0 Å². The molecule has 24 heavy (non-hydrogen) atoms. The van der Waals surface area contributed by atoms with Crippen molar-refractivity contribution >= 4 is 11.1 Å². The second kappa shape index (κ2) is 5.81. The molecule has 1 heteroatoms. The summed E-state index contributed by atoms with van der Waals surface area (Å²) in [5, 5.41) is 9.94. The molecule has 2 aromatic carbocycles. The van der Waals surface area contributed by atoms with E-state index in [2.05, 4.69) is 45.0 Å². The van der Waals surface area contributed by atoms with E-state index in [1.165, 1.54) is 34.2 Å². The van der Waals surface area contributed by atoms with Crippen molar-refractivity contribution in [3.63, 3.8) is 0 Å². The second-order valence-corrected chi connectivity index (χ2v) is 7.45. The molecule has 0 heterocycles. The van der Waals surface area contributed by atoms with E-state index in [-0.39, 0.29) is 0 Å². The lowest BCUT2D eigenvalue weighted by Crippen LogP contribution is -2.24. The smallest absolute Gasteiger partial charge is 0.115 e. The highest BCUT2D eigenvalue weighted by atomic mass is 16.3. The lowest BCUT2D eigenvalue weighted by Gasteiger charge is -2.38. The molecule has 0 aromatic heterocycles. The van der Waals surface area contributed by atoms with Crippen molar-refractivity contribution in [2.75, 3.05) is 0 Å². The SMILES string of the molecule is CC[C@@H]1Cc2cc(O)ccc2C2=C1c1ccc(C)cc1C[C@H]2CC. The van der Waals surface area contributed by atoms with Gasteiger partial charge in [-0.1, -0.05) is 43.7 Å². The molecule has 1 N–H and O–H groups in total. The molecule has 0 spiro atoms. The van der Waals surface area contributed by atoms with Crippen LogP contribution in [-0.2, 0) is 12.8 Å². The van der Waals surface area contributed by atoms with Crippen LogP contribution in [0, 0.1) is 18.8 Å². The fourth-order valence-electron chi connectivity index (χ4n) is 4.77. The van der Waals surface area contributed by atoms with E-state index < -0.39 is 0 Å². The van der Waals surface area contributed by atoms with Gasteiger partial charge in [-0.2, -0.15) is 0 Å². The van der Waals surface area contributed by atoms with Crippen molar-refractivity contribution in [1.29, 1.82) is 0 Å². The van der Waals surface area contributed by atoms with E-state index in [1.807, 2.05) is 12.1 Å². The molecule has 0 amide bonds. The molecule has 1 nitrogen and oxygen atoms in total. The normalized spacial score (nSPS) is 22.0. The van der Waals surface area contributed by atoms with Gasteiger partial charge < -0.3 is 5.11 Å². The first-order chi connectivity index (χ1) is 11.6. The number of phenols is 1. The van der Waals surface area contributed by atoms with Gasteiger partial charge in [-0.3, -0.25) is 0 Å². The molecule has 0 bridgehead atoms. The highest BCUT2D eigenvalue weighted by molar-refractivity contribution is 5.97. The molecule has 0 saturated carbocycles. The first kappa shape index (κ1) is 15.5. The van der Waals surface area contributed by atoms with Gasteiger partial charge in [-0.15, -0.1) is 0 Å². The quantitative estimate of drug-likeness (QED) is 0.744. The minimum Gasteiger partial charge on any atom is -0.508 e. The third-order valence-corrected chi connectivity index (χ3v) is 5.95. The fraction of sp³-hybridized carbons (Fsp3) is 0.391. The monoisotopic (exact) mass is 318 g/mol. The Kier molecular flexibility index (Phi) is 3.75. The molecular weight excluding hydrogens is 292 g/mol. The second-order valence-electron chi connectivity index (χ2n) is 7.45. The molecule has 2 atom stereocenters. The average molecular weight is 318 g/mol. The van der Waals surface area contributed by atoms with E-state index in [0.717, 1.165) is 19.3 Å². The van der Waals surface area contributed by atoms with E-state index in [1.54, 1.807) is 11.1 Å². The standard InChI is InChI=1S/C23H26O/c1-4-15-11-17-10-14(3)6-8-20(17)22-16(5-2)12-18-13-19(24)7-9-21(18)23(15)22/h6-10,13,15-16,24H,4-5,11-12H2,1-3H3/t15-,16-/m1/s1. The van der Waals surface area contributed by atoms with Gasteiger partial charge >= 0.3 is 0 Å². The summed E-state index contributed by atoms with van der Waals surface area (Å²) in [6.45, 7) is 6.81. The van der Waals surface area contributed by atoms with Crippen LogP contribution in [0.15, 0.2) is 36.4 Å². The molecule has 0 unspecified atom stereocenters. The molecule has 0 radical (unpaired) electrons. The maximum absolute atomic E-state index is 9.94. The molecule has 0 saturated heterocycles. The molecule has 2 aromatic rings. The zero-order valence-corrected chi connectivity index (χ0v) is 14.9. The lowest BCUT2D eigenvalue weighted by atomic mass is 9.65. The van der Waals surface area contributed by atoms with Crippen LogP contribution in [0.5, 0.6) is 5.75 Å². The van der Waals surface area contributed by atoms with E-state index in [9.17, 15) is 5.11 Å². The Morgan fingerprint density at radius 2 is 1.38 bits per heavy atom. The van der Waals surface area contributed by atoms with Gasteiger partial charge in [0, 0.05) is 0 Å². The summed E-state index contributed by atoms with van der Waals surface area (Å²) < 4.78 is 0. The Labute approximate surface area is 145 Å². The number of fused-ring (bicyclic) bond motifs is 4. The van der Waals surface area contributed by atoms with Crippen LogP contribution in [0.1, 0.15) is 54.5 Å². The predicted octanol–water partition coefficient (Wildman–Crippen LogP) is 5.78. The van der Waals surface area contributed by atoms with Crippen LogP contribution < -0.4 is 0 Å². The average Bonchev–Trinajstić information content (AvgIpc) is 2.59. The highest BCUT2D eigenvalue weighted by Crippen LogP contribution is 2.50. The third kappa shape index (κ3) is 2.30. The number of hydrogen-bond acceptors (Lipinski definition) is 1. The zero-order chi connectivity index (χ0) is 16.8. The number of rotatable bonds is 2. The number of aromatic hydroxyl groups is 1. The molecular formula is C23H26O. The molecule has 4 rings (SSSR count). The molecule has 124 valence electrons. The van der Waals surface area contributed by atoms with Crippen molar-refractivity contribution in [2.24, 2.45) is 11.8 Å². The van der Waals surface area contributed by atoms with Gasteiger partial charge in [0.05, 0.1) is 0 Å². The summed E-state index contributed by atoms with van der Waals surface area (Å²) in [6, 6.07) is 13.0. The Bertz CT molecular complexity index is 758. The summed E-state index contributed by atoms with van der Waals surface area (Å²) in [7, 11) is 0. The van der Waals surface area contributed by atoms with E-state index >= 15 is 0 Å². The minimum absolute atomic E-state index is 0.396. The lowest BCUT2D eigenvalue weighted by molar-refractivity contribution is 0.473. The summed E-state index contributed by atoms with van der Waals surface area (Å²) >= 11 is 0. The maximum atomic E-state index is 9.94. The van der Waals surface area contributed by atoms with Crippen molar-refractivity contribution in [3.05, 3.63) is 64.2 Å². The molecule has 2 aliphatic rings. The van der Waals surface area contributed by atoms with E-state index in [4.69, 9.17) is 0 Å². The zero-order valence-electron chi connectivity index (χ0n) is 14.9. The van der Waals surface area contributed by atoms with Gasteiger partial charge in [0.25, 0.3) is 0 Å². The van der Waals surface area contributed by atoms with Crippen LogP contribution in [0.2, 0.25) is 0 Å².